The number of aromatic nitrogens is 2. The van der Waals surface area contributed by atoms with Gasteiger partial charge >= 0.3 is 0 Å². The maximum absolute atomic E-state index is 13.0. The van der Waals surface area contributed by atoms with Crippen molar-refractivity contribution in [2.24, 2.45) is 11.1 Å². The number of hydrogen-bond donors (Lipinski definition) is 1. The molecular weight excluding hydrogens is 292 g/mol. The van der Waals surface area contributed by atoms with Crippen LogP contribution in [0.3, 0.4) is 0 Å². The number of rotatable bonds is 4. The number of likely N-dealkylation sites (tertiary alicyclic amines) is 1. The number of amides is 1. The molecule has 0 unspecified atom stereocenters. The minimum absolute atomic E-state index is 0.242. The minimum atomic E-state index is -0.391. The zero-order valence-electron chi connectivity index (χ0n) is 14.0. The summed E-state index contributed by atoms with van der Waals surface area (Å²) in [6.45, 7) is 6.37. The molecule has 3 heterocycles. The summed E-state index contributed by atoms with van der Waals surface area (Å²) >= 11 is 0. The number of aryl methyl sites for hydroxylation is 1. The number of nitrogens with two attached hydrogens (primary N) is 1. The van der Waals surface area contributed by atoms with Crippen molar-refractivity contribution in [1.82, 2.24) is 14.7 Å². The van der Waals surface area contributed by atoms with Crippen molar-refractivity contribution in [1.29, 1.82) is 0 Å². The fourth-order valence-corrected chi connectivity index (χ4v) is 3.78. The Kier molecular flexibility index (Phi) is 5.02. The number of carbonyl (C=O) groups excluding carboxylic acids is 1. The molecule has 0 spiro atoms. The van der Waals surface area contributed by atoms with Gasteiger partial charge in [0.15, 0.2) is 0 Å². The molecule has 6 nitrogen and oxygen atoms in total. The van der Waals surface area contributed by atoms with Crippen LogP contribution >= 0.6 is 0 Å². The zero-order valence-corrected chi connectivity index (χ0v) is 14.0. The third kappa shape index (κ3) is 3.28. The lowest BCUT2D eigenvalue weighted by atomic mass is 9.78. The van der Waals surface area contributed by atoms with E-state index in [-0.39, 0.29) is 5.91 Å². The third-order valence-electron chi connectivity index (χ3n) is 5.53. The molecule has 1 amide bonds. The van der Waals surface area contributed by atoms with Gasteiger partial charge in [0.05, 0.1) is 11.6 Å². The molecule has 6 heteroatoms. The van der Waals surface area contributed by atoms with Crippen LogP contribution in [-0.2, 0) is 16.1 Å². The summed E-state index contributed by atoms with van der Waals surface area (Å²) in [4.78, 5) is 15.0. The van der Waals surface area contributed by atoms with Gasteiger partial charge in [0.2, 0.25) is 5.91 Å². The predicted octanol–water partition coefficient (Wildman–Crippen LogP) is 1.36. The summed E-state index contributed by atoms with van der Waals surface area (Å²) in [6, 6.07) is 0. The van der Waals surface area contributed by atoms with E-state index in [1.54, 1.807) is 0 Å². The highest BCUT2D eigenvalue weighted by molar-refractivity contribution is 5.83. The molecule has 1 aromatic rings. The summed E-state index contributed by atoms with van der Waals surface area (Å²) in [5.74, 6) is 0.758. The van der Waals surface area contributed by atoms with Crippen LogP contribution < -0.4 is 5.73 Å². The van der Waals surface area contributed by atoms with Gasteiger partial charge in [0, 0.05) is 45.6 Å². The van der Waals surface area contributed by atoms with Crippen LogP contribution in [0.2, 0.25) is 0 Å². The smallest absolute Gasteiger partial charge is 0.230 e. The summed E-state index contributed by atoms with van der Waals surface area (Å²) in [7, 11) is 0. The molecule has 2 aliphatic rings. The molecule has 1 aromatic heterocycles. The topological polar surface area (TPSA) is 73.4 Å². The fourth-order valence-electron chi connectivity index (χ4n) is 3.78. The number of hydrogen-bond acceptors (Lipinski definition) is 4. The molecule has 0 saturated carbocycles. The van der Waals surface area contributed by atoms with Gasteiger partial charge in [0.1, 0.15) is 0 Å². The van der Waals surface area contributed by atoms with E-state index in [0.717, 1.165) is 45.3 Å². The van der Waals surface area contributed by atoms with E-state index in [1.165, 1.54) is 5.56 Å². The van der Waals surface area contributed by atoms with Gasteiger partial charge in [-0.25, -0.2) is 0 Å². The van der Waals surface area contributed by atoms with Crippen LogP contribution in [0, 0.1) is 5.41 Å². The summed E-state index contributed by atoms with van der Waals surface area (Å²) in [5, 5.41) is 4.37. The van der Waals surface area contributed by atoms with Gasteiger partial charge in [-0.2, -0.15) is 5.10 Å². The van der Waals surface area contributed by atoms with Gasteiger partial charge in [0.25, 0.3) is 0 Å². The molecule has 2 fully saturated rings. The SMILES string of the molecule is CCn1cc(C2CCN(C(=O)C3(CN)CCOCC3)CC2)cn1. The Morgan fingerprint density at radius 1 is 1.39 bits per heavy atom. The second kappa shape index (κ2) is 7.01. The molecule has 23 heavy (non-hydrogen) atoms. The van der Waals surface area contributed by atoms with E-state index < -0.39 is 5.41 Å². The first-order valence-electron chi connectivity index (χ1n) is 8.78. The first-order valence-corrected chi connectivity index (χ1v) is 8.78. The van der Waals surface area contributed by atoms with Crippen LogP contribution in [0.4, 0.5) is 0 Å². The Bertz CT molecular complexity index is 528. The van der Waals surface area contributed by atoms with E-state index in [0.29, 0.717) is 25.7 Å². The molecule has 2 N–H and O–H groups in total. The average Bonchev–Trinajstić information content (AvgIpc) is 3.11. The summed E-state index contributed by atoms with van der Waals surface area (Å²) < 4.78 is 7.39. The molecule has 0 aromatic carbocycles. The van der Waals surface area contributed by atoms with Crippen molar-refractivity contribution >= 4 is 5.91 Å². The van der Waals surface area contributed by atoms with Gasteiger partial charge in [-0.1, -0.05) is 0 Å². The van der Waals surface area contributed by atoms with Crippen molar-refractivity contribution in [2.75, 3.05) is 32.8 Å². The molecule has 0 bridgehead atoms. The van der Waals surface area contributed by atoms with E-state index in [4.69, 9.17) is 10.5 Å². The molecule has 128 valence electrons. The second-order valence-corrected chi connectivity index (χ2v) is 6.79. The van der Waals surface area contributed by atoms with E-state index in [1.807, 2.05) is 15.8 Å². The van der Waals surface area contributed by atoms with Gasteiger partial charge < -0.3 is 15.4 Å². The van der Waals surface area contributed by atoms with Crippen LogP contribution in [-0.4, -0.2) is 53.4 Å². The molecule has 2 saturated heterocycles. The number of nitrogens with zero attached hydrogens (tertiary/aromatic N) is 3. The van der Waals surface area contributed by atoms with Gasteiger partial charge in [-0.3, -0.25) is 9.48 Å². The first kappa shape index (κ1) is 16.5. The van der Waals surface area contributed by atoms with Crippen molar-refractivity contribution in [3.05, 3.63) is 18.0 Å². The Morgan fingerprint density at radius 3 is 2.65 bits per heavy atom. The van der Waals surface area contributed by atoms with Crippen LogP contribution in [0.1, 0.15) is 44.1 Å². The number of ether oxygens (including phenoxy) is 1. The number of carbonyl (C=O) groups is 1. The Balaban J connectivity index is 1.60. The zero-order chi connectivity index (χ0) is 16.3. The second-order valence-electron chi connectivity index (χ2n) is 6.79. The standard InChI is InChI=1S/C17H28N4O2/c1-2-21-12-15(11-19-21)14-3-7-20(8-4-14)16(22)17(13-18)5-9-23-10-6-17/h11-12,14H,2-10,13,18H2,1H3. The first-order chi connectivity index (χ1) is 11.2. The van der Waals surface area contributed by atoms with E-state index in [2.05, 4.69) is 18.2 Å². The highest BCUT2D eigenvalue weighted by atomic mass is 16.5. The Morgan fingerprint density at radius 2 is 2.09 bits per heavy atom. The van der Waals surface area contributed by atoms with Crippen molar-refractivity contribution < 1.29 is 9.53 Å². The molecule has 0 aliphatic carbocycles. The van der Waals surface area contributed by atoms with Gasteiger partial charge in [-0.15, -0.1) is 0 Å². The van der Waals surface area contributed by atoms with E-state index in [9.17, 15) is 4.79 Å². The summed E-state index contributed by atoms with van der Waals surface area (Å²) in [6.07, 6.45) is 7.65. The quantitative estimate of drug-likeness (QED) is 0.909. The highest BCUT2D eigenvalue weighted by Crippen LogP contribution is 2.35. The minimum Gasteiger partial charge on any atom is -0.381 e. The predicted molar refractivity (Wildman–Crippen MR) is 88.0 cm³/mol. The largest absolute Gasteiger partial charge is 0.381 e. The van der Waals surface area contributed by atoms with Crippen LogP contribution in [0.25, 0.3) is 0 Å². The van der Waals surface area contributed by atoms with Crippen molar-refractivity contribution in [3.8, 4) is 0 Å². The Hall–Kier alpha value is -1.40. The Labute approximate surface area is 138 Å². The van der Waals surface area contributed by atoms with Crippen LogP contribution in [0.5, 0.6) is 0 Å². The molecule has 2 aliphatic heterocycles. The fraction of sp³-hybridized carbons (Fsp3) is 0.765. The lowest BCUT2D eigenvalue weighted by molar-refractivity contribution is -0.148. The van der Waals surface area contributed by atoms with Gasteiger partial charge in [-0.05, 0) is 44.1 Å². The van der Waals surface area contributed by atoms with Crippen molar-refractivity contribution in [2.45, 2.75) is 45.1 Å². The highest BCUT2D eigenvalue weighted by Gasteiger charge is 2.42. The lowest BCUT2D eigenvalue weighted by Gasteiger charge is -2.41. The summed E-state index contributed by atoms with van der Waals surface area (Å²) in [5.41, 5.74) is 6.88. The third-order valence-corrected chi connectivity index (χ3v) is 5.53. The molecule has 0 radical (unpaired) electrons. The lowest BCUT2D eigenvalue weighted by Crippen LogP contribution is -2.52. The maximum atomic E-state index is 13.0. The maximum Gasteiger partial charge on any atom is 0.230 e. The molecular formula is C17H28N4O2. The normalized spacial score (nSPS) is 22.3. The molecule has 0 atom stereocenters. The van der Waals surface area contributed by atoms with Crippen molar-refractivity contribution in [3.63, 3.8) is 0 Å². The van der Waals surface area contributed by atoms with E-state index >= 15 is 0 Å². The molecule has 3 rings (SSSR count). The van der Waals surface area contributed by atoms with Crippen LogP contribution in [0.15, 0.2) is 12.4 Å². The number of piperidine rings is 1. The average molecular weight is 320 g/mol. The monoisotopic (exact) mass is 320 g/mol.